The van der Waals surface area contributed by atoms with E-state index in [4.69, 9.17) is 4.74 Å². The highest BCUT2D eigenvalue weighted by Crippen LogP contribution is 2.22. The Hall–Kier alpha value is -2.03. The van der Waals surface area contributed by atoms with Crippen LogP contribution in [0, 0.1) is 11.6 Å². The van der Waals surface area contributed by atoms with E-state index in [1.54, 1.807) is 23.4 Å². The number of halogens is 2. The van der Waals surface area contributed by atoms with E-state index in [0.29, 0.717) is 35.5 Å². The fraction of sp³-hybridized carbons (Fsp3) is 0.333. The number of carbonyl (C=O) groups is 1. The predicted molar refractivity (Wildman–Crippen MR) is 114 cm³/mol. The van der Waals surface area contributed by atoms with E-state index in [-0.39, 0.29) is 11.4 Å². The molecule has 1 amide bonds. The summed E-state index contributed by atoms with van der Waals surface area (Å²) in [5.74, 6) is 0.183. The molecule has 0 spiro atoms. The van der Waals surface area contributed by atoms with Gasteiger partial charge in [0.25, 0.3) is 0 Å². The van der Waals surface area contributed by atoms with Crippen molar-refractivity contribution < 1.29 is 18.3 Å². The second-order valence-electron chi connectivity index (χ2n) is 6.41. The van der Waals surface area contributed by atoms with Gasteiger partial charge >= 0.3 is 0 Å². The zero-order valence-corrected chi connectivity index (χ0v) is 17.7. The number of ether oxygens (including phenoxy) is 1. The molecule has 0 unspecified atom stereocenters. The van der Waals surface area contributed by atoms with Crippen molar-refractivity contribution >= 4 is 39.2 Å². The minimum absolute atomic E-state index is 0.249. The molecule has 0 bridgehead atoms. The SMILES string of the molecule is COCCn1c(=NC(=O)CCCSCc2ccccc2)sc2cc(F)cc(F)c21. The molecule has 0 aliphatic heterocycles. The molecule has 0 saturated heterocycles. The number of thiazole rings is 1. The molecule has 0 atom stereocenters. The first-order chi connectivity index (χ1) is 14.1. The molecular weight excluding hydrogens is 414 g/mol. The molecule has 3 aromatic rings. The van der Waals surface area contributed by atoms with Crippen molar-refractivity contribution in [3.8, 4) is 0 Å². The van der Waals surface area contributed by atoms with Crippen molar-refractivity contribution in [1.29, 1.82) is 0 Å². The molecule has 0 aliphatic rings. The van der Waals surface area contributed by atoms with E-state index < -0.39 is 11.6 Å². The smallest absolute Gasteiger partial charge is 0.248 e. The Kier molecular flexibility index (Phi) is 7.97. The van der Waals surface area contributed by atoms with Gasteiger partial charge in [0.2, 0.25) is 5.91 Å². The van der Waals surface area contributed by atoms with Crippen molar-refractivity contribution in [2.75, 3.05) is 19.5 Å². The Morgan fingerprint density at radius 2 is 2.03 bits per heavy atom. The summed E-state index contributed by atoms with van der Waals surface area (Å²) < 4.78 is 34.9. The second kappa shape index (κ2) is 10.7. The molecule has 4 nitrogen and oxygen atoms in total. The summed E-state index contributed by atoms with van der Waals surface area (Å²) in [5.41, 5.74) is 1.51. The predicted octanol–water partition coefficient (Wildman–Crippen LogP) is 4.77. The number of benzene rings is 2. The van der Waals surface area contributed by atoms with Gasteiger partial charge in [-0.15, -0.1) is 0 Å². The third-order valence-corrected chi connectivity index (χ3v) is 6.37. The standard InChI is InChI=1S/C21H22F2N2O2S2/c1-27-10-9-25-20-17(23)12-16(22)13-18(20)29-21(25)24-19(26)8-5-11-28-14-15-6-3-2-4-7-15/h2-4,6-7,12-13H,5,8-11,14H2,1H3. The molecule has 0 saturated carbocycles. The summed E-state index contributed by atoms with van der Waals surface area (Å²) in [6.45, 7) is 0.665. The van der Waals surface area contributed by atoms with Crippen LogP contribution >= 0.6 is 23.1 Å². The lowest BCUT2D eigenvalue weighted by molar-refractivity contribution is -0.118. The van der Waals surface area contributed by atoms with Crippen LogP contribution in [0.4, 0.5) is 8.78 Å². The normalized spacial score (nSPS) is 12.0. The number of hydrogen-bond donors (Lipinski definition) is 0. The van der Waals surface area contributed by atoms with E-state index in [0.717, 1.165) is 28.9 Å². The Morgan fingerprint density at radius 1 is 1.24 bits per heavy atom. The van der Waals surface area contributed by atoms with Gasteiger partial charge in [-0.05, 0) is 23.8 Å². The van der Waals surface area contributed by atoms with E-state index >= 15 is 0 Å². The van der Waals surface area contributed by atoms with Crippen LogP contribution in [0.15, 0.2) is 47.5 Å². The first kappa shape index (κ1) is 21.7. The fourth-order valence-electron chi connectivity index (χ4n) is 2.86. The van der Waals surface area contributed by atoms with Crippen molar-refractivity contribution in [2.24, 2.45) is 4.99 Å². The van der Waals surface area contributed by atoms with Gasteiger partial charge in [0.05, 0.1) is 16.8 Å². The molecular formula is C21H22F2N2O2S2. The molecule has 0 radical (unpaired) electrons. The zero-order chi connectivity index (χ0) is 20.6. The maximum absolute atomic E-state index is 14.3. The summed E-state index contributed by atoms with van der Waals surface area (Å²) in [5, 5.41) is 0. The van der Waals surface area contributed by atoms with E-state index in [9.17, 15) is 13.6 Å². The molecule has 29 heavy (non-hydrogen) atoms. The van der Waals surface area contributed by atoms with Crippen LogP contribution in [0.5, 0.6) is 0 Å². The van der Waals surface area contributed by atoms with Gasteiger partial charge in [-0.3, -0.25) is 4.79 Å². The van der Waals surface area contributed by atoms with Crippen LogP contribution in [-0.4, -0.2) is 29.9 Å². The maximum Gasteiger partial charge on any atom is 0.248 e. The maximum atomic E-state index is 14.3. The molecule has 0 N–H and O–H groups in total. The Morgan fingerprint density at radius 3 is 2.79 bits per heavy atom. The van der Waals surface area contributed by atoms with Crippen molar-refractivity contribution in [2.45, 2.75) is 25.1 Å². The van der Waals surface area contributed by atoms with Crippen LogP contribution in [0.3, 0.4) is 0 Å². The zero-order valence-electron chi connectivity index (χ0n) is 16.1. The number of hydrogen-bond acceptors (Lipinski definition) is 4. The number of methoxy groups -OCH3 is 1. The van der Waals surface area contributed by atoms with Gasteiger partial charge in [0.1, 0.15) is 5.82 Å². The lowest BCUT2D eigenvalue weighted by atomic mass is 10.2. The van der Waals surface area contributed by atoms with Crippen molar-refractivity contribution in [3.63, 3.8) is 0 Å². The third kappa shape index (κ3) is 5.98. The fourth-order valence-corrected chi connectivity index (χ4v) is 4.89. The summed E-state index contributed by atoms with van der Waals surface area (Å²) in [6.07, 6.45) is 1.03. The van der Waals surface area contributed by atoms with Crippen molar-refractivity contribution in [1.82, 2.24) is 4.57 Å². The van der Waals surface area contributed by atoms with Gasteiger partial charge < -0.3 is 9.30 Å². The van der Waals surface area contributed by atoms with E-state index in [1.807, 2.05) is 18.2 Å². The summed E-state index contributed by atoms with van der Waals surface area (Å²) >= 11 is 2.88. The highest BCUT2D eigenvalue weighted by Gasteiger charge is 2.14. The van der Waals surface area contributed by atoms with E-state index in [2.05, 4.69) is 17.1 Å². The van der Waals surface area contributed by atoms with Crippen LogP contribution < -0.4 is 4.80 Å². The summed E-state index contributed by atoms with van der Waals surface area (Å²) in [4.78, 5) is 16.8. The van der Waals surface area contributed by atoms with Crippen LogP contribution in [-0.2, 0) is 21.8 Å². The van der Waals surface area contributed by atoms with Crippen molar-refractivity contribution in [3.05, 3.63) is 64.5 Å². The average molecular weight is 437 g/mol. The van der Waals surface area contributed by atoms with Gasteiger partial charge in [-0.2, -0.15) is 16.8 Å². The Bertz CT molecular complexity index is 1030. The number of rotatable bonds is 9. The number of fused-ring (bicyclic) bond motifs is 1. The lowest BCUT2D eigenvalue weighted by Crippen LogP contribution is -2.19. The quantitative estimate of drug-likeness (QED) is 0.454. The number of nitrogens with zero attached hydrogens (tertiary/aromatic N) is 2. The van der Waals surface area contributed by atoms with Crippen LogP contribution in [0.1, 0.15) is 18.4 Å². The molecule has 1 aromatic heterocycles. The summed E-state index contributed by atoms with van der Waals surface area (Å²) in [7, 11) is 1.54. The molecule has 8 heteroatoms. The number of carbonyl (C=O) groups excluding carboxylic acids is 1. The molecule has 154 valence electrons. The number of aromatic nitrogens is 1. The Labute approximate surface area is 176 Å². The van der Waals surface area contributed by atoms with Gasteiger partial charge in [0.15, 0.2) is 10.6 Å². The largest absolute Gasteiger partial charge is 0.383 e. The van der Waals surface area contributed by atoms with Gasteiger partial charge in [0, 0.05) is 31.9 Å². The second-order valence-corrected chi connectivity index (χ2v) is 8.52. The minimum atomic E-state index is -0.668. The molecule has 0 fully saturated rings. The van der Waals surface area contributed by atoms with E-state index in [1.165, 1.54) is 11.6 Å². The highest BCUT2D eigenvalue weighted by molar-refractivity contribution is 7.98. The highest BCUT2D eigenvalue weighted by atomic mass is 32.2. The molecule has 1 heterocycles. The number of thioether (sulfide) groups is 1. The summed E-state index contributed by atoms with van der Waals surface area (Å²) in [6, 6.07) is 12.3. The average Bonchev–Trinajstić information content (AvgIpc) is 3.03. The van der Waals surface area contributed by atoms with Crippen LogP contribution in [0.2, 0.25) is 0 Å². The molecule has 3 rings (SSSR count). The first-order valence-corrected chi connectivity index (χ1v) is 11.2. The Balaban J connectivity index is 1.66. The molecule has 0 aliphatic carbocycles. The van der Waals surface area contributed by atoms with Gasteiger partial charge in [-0.25, -0.2) is 8.78 Å². The monoisotopic (exact) mass is 436 g/mol. The first-order valence-electron chi connectivity index (χ1n) is 9.25. The minimum Gasteiger partial charge on any atom is -0.383 e. The van der Waals surface area contributed by atoms with Crippen LogP contribution in [0.25, 0.3) is 10.2 Å². The topological polar surface area (TPSA) is 43.6 Å². The molecule has 2 aromatic carbocycles. The van der Waals surface area contributed by atoms with Gasteiger partial charge in [-0.1, -0.05) is 41.7 Å². The number of amides is 1. The third-order valence-electron chi connectivity index (χ3n) is 4.23. The lowest BCUT2D eigenvalue weighted by Gasteiger charge is -2.05.